The summed E-state index contributed by atoms with van der Waals surface area (Å²) in [6.45, 7) is 0.127. The number of aliphatic hydroxyl groups is 1. The van der Waals surface area contributed by atoms with Gasteiger partial charge in [-0.3, -0.25) is 0 Å². The van der Waals surface area contributed by atoms with Crippen molar-refractivity contribution in [3.8, 4) is 0 Å². The van der Waals surface area contributed by atoms with Gasteiger partial charge in [-0.05, 0) is 29.5 Å². The predicted octanol–water partition coefficient (Wildman–Crippen LogP) is 3.70. The molecule has 0 saturated carbocycles. The molecule has 0 radical (unpaired) electrons. The molecule has 0 aliphatic carbocycles. The molecule has 1 nitrogen and oxygen atoms in total. The van der Waals surface area contributed by atoms with Crippen LogP contribution < -0.4 is 0 Å². The van der Waals surface area contributed by atoms with Crippen LogP contribution in [0.1, 0.15) is 17.5 Å². The van der Waals surface area contributed by atoms with Gasteiger partial charge in [-0.1, -0.05) is 66.7 Å². The second-order valence-corrected chi connectivity index (χ2v) is 4.36. The van der Waals surface area contributed by atoms with Crippen LogP contribution in [0.4, 0.5) is 0 Å². The van der Waals surface area contributed by atoms with Crippen molar-refractivity contribution in [1.29, 1.82) is 0 Å². The minimum absolute atomic E-state index is 0.127. The van der Waals surface area contributed by atoms with Crippen LogP contribution in [0.2, 0.25) is 0 Å². The van der Waals surface area contributed by atoms with Crippen molar-refractivity contribution in [3.05, 3.63) is 77.4 Å². The number of benzene rings is 2. The lowest BCUT2D eigenvalue weighted by atomic mass is 10.0. The summed E-state index contributed by atoms with van der Waals surface area (Å²) >= 11 is 0. The second kappa shape index (κ2) is 6.77. The molecule has 0 saturated heterocycles. The standard InChI is InChI=1S/C17H18O/c18-14-17(13-16-9-5-2-6-10-16)12-11-15-7-3-1-4-8-15/h1-10,13,18H,11-12,14H2. The summed E-state index contributed by atoms with van der Waals surface area (Å²) in [4.78, 5) is 0. The molecule has 0 spiro atoms. The van der Waals surface area contributed by atoms with Crippen molar-refractivity contribution in [1.82, 2.24) is 0 Å². The fourth-order valence-corrected chi connectivity index (χ4v) is 1.93. The Labute approximate surface area is 108 Å². The Kier molecular flexibility index (Phi) is 4.74. The van der Waals surface area contributed by atoms with Crippen LogP contribution in [0.25, 0.3) is 6.08 Å². The number of aryl methyl sites for hydroxylation is 1. The highest BCUT2D eigenvalue weighted by molar-refractivity contribution is 5.52. The third kappa shape index (κ3) is 3.86. The normalized spacial score (nSPS) is 11.5. The average Bonchev–Trinajstić information content (AvgIpc) is 2.45. The van der Waals surface area contributed by atoms with Crippen molar-refractivity contribution >= 4 is 6.08 Å². The molecule has 2 aromatic carbocycles. The summed E-state index contributed by atoms with van der Waals surface area (Å²) in [7, 11) is 0. The SMILES string of the molecule is OCC(=Cc1ccccc1)CCc1ccccc1. The Morgan fingerprint density at radius 3 is 2.11 bits per heavy atom. The highest BCUT2D eigenvalue weighted by Gasteiger charge is 1.98. The molecule has 0 amide bonds. The van der Waals surface area contributed by atoms with E-state index in [1.807, 2.05) is 24.3 Å². The Morgan fingerprint density at radius 1 is 0.889 bits per heavy atom. The van der Waals surface area contributed by atoms with Crippen LogP contribution >= 0.6 is 0 Å². The highest BCUT2D eigenvalue weighted by atomic mass is 16.3. The predicted molar refractivity (Wildman–Crippen MR) is 76.3 cm³/mol. The molecule has 1 heteroatoms. The summed E-state index contributed by atoms with van der Waals surface area (Å²) in [6.07, 6.45) is 3.94. The molecule has 0 aromatic heterocycles. The van der Waals surface area contributed by atoms with Crippen molar-refractivity contribution in [2.24, 2.45) is 0 Å². The van der Waals surface area contributed by atoms with Gasteiger partial charge in [0.15, 0.2) is 0 Å². The van der Waals surface area contributed by atoms with Crippen molar-refractivity contribution < 1.29 is 5.11 Å². The number of hydrogen-bond donors (Lipinski definition) is 1. The molecule has 0 fully saturated rings. The molecule has 0 bridgehead atoms. The van der Waals surface area contributed by atoms with E-state index in [2.05, 4.69) is 42.5 Å². The van der Waals surface area contributed by atoms with Crippen molar-refractivity contribution in [2.75, 3.05) is 6.61 Å². The van der Waals surface area contributed by atoms with Crippen LogP contribution in [0.15, 0.2) is 66.2 Å². The molecule has 2 rings (SSSR count). The minimum atomic E-state index is 0.127. The van der Waals surface area contributed by atoms with E-state index in [9.17, 15) is 5.11 Å². The van der Waals surface area contributed by atoms with Crippen LogP contribution in [0.5, 0.6) is 0 Å². The van der Waals surface area contributed by atoms with Gasteiger partial charge in [-0.25, -0.2) is 0 Å². The zero-order chi connectivity index (χ0) is 12.6. The van der Waals surface area contributed by atoms with Gasteiger partial charge in [0, 0.05) is 0 Å². The topological polar surface area (TPSA) is 20.2 Å². The first-order valence-corrected chi connectivity index (χ1v) is 6.28. The van der Waals surface area contributed by atoms with Gasteiger partial charge in [0.1, 0.15) is 0 Å². The van der Waals surface area contributed by atoms with E-state index in [0.29, 0.717) is 0 Å². The molecule has 0 aliphatic heterocycles. The van der Waals surface area contributed by atoms with E-state index in [1.165, 1.54) is 5.56 Å². The highest BCUT2D eigenvalue weighted by Crippen LogP contribution is 2.13. The first kappa shape index (κ1) is 12.6. The largest absolute Gasteiger partial charge is 0.392 e. The van der Waals surface area contributed by atoms with Crippen LogP contribution in [-0.2, 0) is 6.42 Å². The van der Waals surface area contributed by atoms with Crippen LogP contribution in [-0.4, -0.2) is 11.7 Å². The Bertz CT molecular complexity index is 486. The fourth-order valence-electron chi connectivity index (χ4n) is 1.93. The Hall–Kier alpha value is -1.86. The van der Waals surface area contributed by atoms with Crippen molar-refractivity contribution in [3.63, 3.8) is 0 Å². The van der Waals surface area contributed by atoms with E-state index >= 15 is 0 Å². The molecule has 0 atom stereocenters. The molecule has 0 unspecified atom stereocenters. The maximum Gasteiger partial charge on any atom is 0.0645 e. The maximum atomic E-state index is 9.40. The molecular weight excluding hydrogens is 220 g/mol. The van der Waals surface area contributed by atoms with Gasteiger partial charge in [0.05, 0.1) is 6.61 Å². The van der Waals surface area contributed by atoms with Gasteiger partial charge in [-0.15, -0.1) is 0 Å². The van der Waals surface area contributed by atoms with Crippen LogP contribution in [0.3, 0.4) is 0 Å². The summed E-state index contributed by atoms with van der Waals surface area (Å²) in [5, 5.41) is 9.40. The molecule has 18 heavy (non-hydrogen) atoms. The van der Waals surface area contributed by atoms with Gasteiger partial charge in [-0.2, -0.15) is 0 Å². The zero-order valence-corrected chi connectivity index (χ0v) is 10.4. The number of hydrogen-bond acceptors (Lipinski definition) is 1. The molecule has 2 aromatic rings. The smallest absolute Gasteiger partial charge is 0.0645 e. The first-order valence-electron chi connectivity index (χ1n) is 6.28. The molecule has 0 heterocycles. The van der Waals surface area contributed by atoms with Gasteiger partial charge < -0.3 is 5.11 Å². The molecule has 0 aliphatic rings. The fraction of sp³-hybridized carbons (Fsp3) is 0.176. The quantitative estimate of drug-likeness (QED) is 0.842. The summed E-state index contributed by atoms with van der Waals surface area (Å²) in [5.41, 5.74) is 3.53. The van der Waals surface area contributed by atoms with E-state index in [1.54, 1.807) is 0 Å². The zero-order valence-electron chi connectivity index (χ0n) is 10.4. The summed E-state index contributed by atoms with van der Waals surface area (Å²) in [5.74, 6) is 0. The number of aliphatic hydroxyl groups excluding tert-OH is 1. The summed E-state index contributed by atoms with van der Waals surface area (Å²) in [6, 6.07) is 20.5. The van der Waals surface area contributed by atoms with Crippen LogP contribution in [0, 0.1) is 0 Å². The van der Waals surface area contributed by atoms with Gasteiger partial charge >= 0.3 is 0 Å². The third-order valence-electron chi connectivity index (χ3n) is 2.95. The van der Waals surface area contributed by atoms with Gasteiger partial charge in [0.2, 0.25) is 0 Å². The third-order valence-corrected chi connectivity index (χ3v) is 2.95. The lowest BCUT2D eigenvalue weighted by Crippen LogP contribution is -1.94. The Balaban J connectivity index is 2.00. The van der Waals surface area contributed by atoms with Gasteiger partial charge in [0.25, 0.3) is 0 Å². The van der Waals surface area contributed by atoms with E-state index in [4.69, 9.17) is 0 Å². The molecule has 1 N–H and O–H groups in total. The van der Waals surface area contributed by atoms with E-state index in [-0.39, 0.29) is 6.61 Å². The number of rotatable bonds is 5. The molecule has 92 valence electrons. The average molecular weight is 238 g/mol. The monoisotopic (exact) mass is 238 g/mol. The molecular formula is C17H18O. The van der Waals surface area contributed by atoms with E-state index in [0.717, 1.165) is 24.0 Å². The lowest BCUT2D eigenvalue weighted by Gasteiger charge is -2.05. The second-order valence-electron chi connectivity index (χ2n) is 4.36. The lowest BCUT2D eigenvalue weighted by molar-refractivity contribution is 0.328. The summed E-state index contributed by atoms with van der Waals surface area (Å²) < 4.78 is 0. The van der Waals surface area contributed by atoms with Crippen molar-refractivity contribution in [2.45, 2.75) is 12.8 Å². The first-order chi connectivity index (χ1) is 8.88. The maximum absolute atomic E-state index is 9.40. The van der Waals surface area contributed by atoms with E-state index < -0.39 is 0 Å². The Morgan fingerprint density at radius 2 is 1.50 bits per heavy atom. The minimum Gasteiger partial charge on any atom is -0.392 e.